The van der Waals surface area contributed by atoms with Gasteiger partial charge in [0.25, 0.3) is 5.91 Å². The molecule has 0 spiro atoms. The summed E-state index contributed by atoms with van der Waals surface area (Å²) in [5.74, 6) is 0.739. The van der Waals surface area contributed by atoms with E-state index in [1.165, 1.54) is 0 Å². The Morgan fingerprint density at radius 3 is 2.71 bits per heavy atom. The Labute approximate surface area is 142 Å². The summed E-state index contributed by atoms with van der Waals surface area (Å²) in [6.45, 7) is 3.38. The van der Waals surface area contributed by atoms with Gasteiger partial charge < -0.3 is 20.3 Å². The van der Waals surface area contributed by atoms with E-state index in [0.29, 0.717) is 29.6 Å². The molecule has 0 radical (unpaired) electrons. The van der Waals surface area contributed by atoms with Gasteiger partial charge in [-0.05, 0) is 39.2 Å². The first-order chi connectivity index (χ1) is 11.5. The highest BCUT2D eigenvalue weighted by atomic mass is 16.5. The third-order valence-corrected chi connectivity index (χ3v) is 3.28. The lowest BCUT2D eigenvalue weighted by Gasteiger charge is -2.12. The average molecular weight is 329 g/mol. The maximum Gasteiger partial charge on any atom is 0.274 e. The molecule has 0 saturated heterocycles. The first-order valence-corrected chi connectivity index (χ1v) is 7.68. The molecule has 1 aromatic heterocycles. The number of methoxy groups -OCH3 is 1. The molecule has 1 aromatic carbocycles. The molecule has 1 heterocycles. The topological polar surface area (TPSA) is 79.4 Å². The molecular weight excluding hydrogens is 306 g/mol. The fraction of sp³-hybridized carbons (Fsp3) is 0.353. The van der Waals surface area contributed by atoms with Crippen LogP contribution in [0.4, 0.5) is 11.6 Å². The Balaban J connectivity index is 2.12. The third-order valence-electron chi connectivity index (χ3n) is 3.28. The lowest BCUT2D eigenvalue weighted by Crippen LogP contribution is -2.22. The number of carbonyl (C=O) groups excluding carboxylic acids is 1. The predicted octanol–water partition coefficient (Wildman–Crippen LogP) is 2.02. The number of rotatable bonds is 7. The first-order valence-electron chi connectivity index (χ1n) is 7.68. The van der Waals surface area contributed by atoms with E-state index < -0.39 is 0 Å². The van der Waals surface area contributed by atoms with E-state index >= 15 is 0 Å². The molecule has 0 bridgehead atoms. The summed E-state index contributed by atoms with van der Waals surface area (Å²) >= 11 is 0. The number of aromatic nitrogens is 2. The number of nitrogens with zero attached hydrogens (tertiary/aromatic N) is 3. The van der Waals surface area contributed by atoms with Crippen molar-refractivity contribution in [3.05, 3.63) is 41.7 Å². The number of hydrogen-bond acceptors (Lipinski definition) is 6. The van der Waals surface area contributed by atoms with Crippen LogP contribution in [-0.4, -0.2) is 55.1 Å². The van der Waals surface area contributed by atoms with Crippen molar-refractivity contribution in [1.29, 1.82) is 0 Å². The smallest absolute Gasteiger partial charge is 0.274 e. The molecule has 0 aliphatic heterocycles. The minimum Gasteiger partial charge on any atom is -0.495 e. The molecule has 2 N–H and O–H groups in total. The number of carbonyl (C=O) groups is 1. The van der Waals surface area contributed by atoms with Gasteiger partial charge >= 0.3 is 0 Å². The van der Waals surface area contributed by atoms with E-state index in [1.54, 1.807) is 25.3 Å². The Kier molecular flexibility index (Phi) is 6.08. The number of nitrogens with one attached hydrogen (secondary N) is 2. The van der Waals surface area contributed by atoms with Crippen LogP contribution in [0.1, 0.15) is 16.2 Å². The number of likely N-dealkylation sites (N-methyl/N-ethyl adjacent to an activating group) is 1. The lowest BCUT2D eigenvalue weighted by atomic mass is 10.2. The number of ether oxygens (including phenoxy) is 1. The van der Waals surface area contributed by atoms with Crippen LogP contribution in [0.5, 0.6) is 5.75 Å². The molecule has 2 aromatic rings. The number of hydrogen-bond donors (Lipinski definition) is 2. The first kappa shape index (κ1) is 17.7. The normalized spacial score (nSPS) is 10.5. The average Bonchev–Trinajstić information content (AvgIpc) is 2.54. The van der Waals surface area contributed by atoms with E-state index in [0.717, 1.165) is 12.2 Å². The molecule has 128 valence electrons. The quantitative estimate of drug-likeness (QED) is 0.809. The molecule has 2 rings (SSSR count). The molecule has 0 saturated carbocycles. The van der Waals surface area contributed by atoms with Crippen molar-refractivity contribution in [2.45, 2.75) is 6.92 Å². The van der Waals surface area contributed by atoms with Crippen LogP contribution in [0.3, 0.4) is 0 Å². The fourth-order valence-corrected chi connectivity index (χ4v) is 2.09. The van der Waals surface area contributed by atoms with Crippen molar-refractivity contribution >= 4 is 17.5 Å². The summed E-state index contributed by atoms with van der Waals surface area (Å²) in [6.07, 6.45) is 0. The van der Waals surface area contributed by atoms with E-state index in [-0.39, 0.29) is 5.91 Å². The zero-order valence-electron chi connectivity index (χ0n) is 14.5. The van der Waals surface area contributed by atoms with Crippen molar-refractivity contribution in [3.8, 4) is 5.75 Å². The highest BCUT2D eigenvalue weighted by molar-refractivity contribution is 6.03. The Bertz CT molecular complexity index is 703. The number of anilines is 2. The van der Waals surface area contributed by atoms with Crippen molar-refractivity contribution in [1.82, 2.24) is 14.9 Å². The molecule has 7 nitrogen and oxygen atoms in total. The van der Waals surface area contributed by atoms with Gasteiger partial charge in [-0.15, -0.1) is 0 Å². The second-order valence-corrected chi connectivity index (χ2v) is 5.60. The molecular formula is C17H23N5O2. The van der Waals surface area contributed by atoms with Crippen molar-refractivity contribution < 1.29 is 9.53 Å². The second kappa shape index (κ2) is 8.26. The van der Waals surface area contributed by atoms with Crippen LogP contribution < -0.4 is 15.4 Å². The van der Waals surface area contributed by atoms with Gasteiger partial charge in [0, 0.05) is 18.8 Å². The highest BCUT2D eigenvalue weighted by Gasteiger charge is 2.13. The van der Waals surface area contributed by atoms with Gasteiger partial charge in [0.2, 0.25) is 5.95 Å². The molecule has 0 aliphatic rings. The predicted molar refractivity (Wildman–Crippen MR) is 94.8 cm³/mol. The lowest BCUT2D eigenvalue weighted by molar-refractivity contribution is 0.102. The van der Waals surface area contributed by atoms with Gasteiger partial charge in [0.15, 0.2) is 0 Å². The van der Waals surface area contributed by atoms with Crippen LogP contribution in [0.15, 0.2) is 30.3 Å². The van der Waals surface area contributed by atoms with Crippen LogP contribution in [0.25, 0.3) is 0 Å². The summed E-state index contributed by atoms with van der Waals surface area (Å²) in [5, 5.41) is 5.95. The standard InChI is InChI=1S/C17H23N5O2/c1-12-11-14(21-17(19-12)18-9-10-22(2)3)16(23)20-13-7-5-6-8-15(13)24-4/h5-8,11H,9-10H2,1-4H3,(H,20,23)(H,18,19,21). The zero-order valence-corrected chi connectivity index (χ0v) is 14.5. The monoisotopic (exact) mass is 329 g/mol. The SMILES string of the molecule is COc1ccccc1NC(=O)c1cc(C)nc(NCCN(C)C)n1. The van der Waals surface area contributed by atoms with Crippen LogP contribution >= 0.6 is 0 Å². The minimum atomic E-state index is -0.305. The van der Waals surface area contributed by atoms with Gasteiger partial charge in [0.1, 0.15) is 11.4 Å². The Morgan fingerprint density at radius 1 is 1.25 bits per heavy atom. The largest absolute Gasteiger partial charge is 0.495 e. The maximum atomic E-state index is 12.5. The molecule has 0 fully saturated rings. The zero-order chi connectivity index (χ0) is 17.5. The van der Waals surface area contributed by atoms with Crippen molar-refractivity contribution in [2.75, 3.05) is 44.9 Å². The summed E-state index contributed by atoms with van der Waals surface area (Å²) in [7, 11) is 5.54. The van der Waals surface area contributed by atoms with Gasteiger partial charge in [-0.1, -0.05) is 12.1 Å². The summed E-state index contributed by atoms with van der Waals surface area (Å²) in [5.41, 5.74) is 1.63. The summed E-state index contributed by atoms with van der Waals surface area (Å²) < 4.78 is 5.24. The van der Waals surface area contributed by atoms with Crippen LogP contribution in [-0.2, 0) is 0 Å². The van der Waals surface area contributed by atoms with E-state index in [4.69, 9.17) is 4.74 Å². The second-order valence-electron chi connectivity index (χ2n) is 5.60. The summed E-state index contributed by atoms with van der Waals surface area (Å²) in [6, 6.07) is 8.89. The molecule has 1 amide bonds. The number of para-hydroxylation sites is 2. The molecule has 24 heavy (non-hydrogen) atoms. The Hall–Kier alpha value is -2.67. The van der Waals surface area contributed by atoms with Gasteiger partial charge in [-0.25, -0.2) is 9.97 Å². The molecule has 7 heteroatoms. The minimum absolute atomic E-state index is 0.305. The molecule has 0 unspecified atom stereocenters. The van der Waals surface area contributed by atoms with E-state index in [2.05, 4.69) is 25.5 Å². The van der Waals surface area contributed by atoms with Gasteiger partial charge in [-0.2, -0.15) is 0 Å². The van der Waals surface area contributed by atoms with Crippen LogP contribution in [0.2, 0.25) is 0 Å². The van der Waals surface area contributed by atoms with E-state index in [1.807, 2.05) is 33.2 Å². The molecule has 0 aliphatic carbocycles. The molecule has 0 atom stereocenters. The van der Waals surface area contributed by atoms with Crippen molar-refractivity contribution in [2.24, 2.45) is 0 Å². The van der Waals surface area contributed by atoms with Gasteiger partial charge in [-0.3, -0.25) is 4.79 Å². The third kappa shape index (κ3) is 4.92. The van der Waals surface area contributed by atoms with E-state index in [9.17, 15) is 4.79 Å². The number of benzene rings is 1. The Morgan fingerprint density at radius 2 is 2.00 bits per heavy atom. The van der Waals surface area contributed by atoms with Crippen molar-refractivity contribution in [3.63, 3.8) is 0 Å². The summed E-state index contributed by atoms with van der Waals surface area (Å²) in [4.78, 5) is 23.1. The van der Waals surface area contributed by atoms with Gasteiger partial charge in [0.05, 0.1) is 12.8 Å². The number of aryl methyl sites for hydroxylation is 1. The van der Waals surface area contributed by atoms with Crippen LogP contribution in [0, 0.1) is 6.92 Å². The number of amides is 1. The highest BCUT2D eigenvalue weighted by Crippen LogP contribution is 2.23. The maximum absolute atomic E-state index is 12.5. The fourth-order valence-electron chi connectivity index (χ4n) is 2.09.